The van der Waals surface area contributed by atoms with Gasteiger partial charge in [-0.05, 0) is 24.6 Å². The molecule has 25 heavy (non-hydrogen) atoms. The van der Waals surface area contributed by atoms with Crippen LogP contribution in [0.3, 0.4) is 0 Å². The molecule has 1 amide bonds. The number of aliphatic hydroxyl groups is 1. The van der Waals surface area contributed by atoms with E-state index in [1.54, 1.807) is 11.6 Å². The van der Waals surface area contributed by atoms with Gasteiger partial charge in [0.15, 0.2) is 0 Å². The average molecular weight is 336 g/mol. The molecule has 0 bridgehead atoms. The minimum absolute atomic E-state index is 0.0719. The number of rotatable bonds is 6. The van der Waals surface area contributed by atoms with Crippen LogP contribution < -0.4 is 5.32 Å². The molecule has 1 aromatic heterocycles. The van der Waals surface area contributed by atoms with E-state index in [-0.39, 0.29) is 5.82 Å². The van der Waals surface area contributed by atoms with E-state index in [9.17, 15) is 9.90 Å². The summed E-state index contributed by atoms with van der Waals surface area (Å²) in [6, 6.07) is 18.7. The fourth-order valence-electron chi connectivity index (χ4n) is 2.47. The van der Waals surface area contributed by atoms with Crippen molar-refractivity contribution in [2.75, 3.05) is 0 Å². The van der Waals surface area contributed by atoms with Crippen LogP contribution in [0.4, 0.5) is 0 Å². The first kappa shape index (κ1) is 16.9. The van der Waals surface area contributed by atoms with Gasteiger partial charge in [0.1, 0.15) is 6.33 Å². The topological polar surface area (TPSA) is 80.0 Å². The summed E-state index contributed by atoms with van der Waals surface area (Å²) < 4.78 is 1.54. The van der Waals surface area contributed by atoms with Gasteiger partial charge in [-0.15, -0.1) is 5.10 Å². The first-order valence-corrected chi connectivity index (χ1v) is 8.13. The predicted molar refractivity (Wildman–Crippen MR) is 94.4 cm³/mol. The van der Waals surface area contributed by atoms with Gasteiger partial charge in [-0.1, -0.05) is 48.5 Å². The molecule has 2 N–H and O–H groups in total. The summed E-state index contributed by atoms with van der Waals surface area (Å²) in [7, 11) is 0. The second-order valence-electron chi connectivity index (χ2n) is 5.87. The number of para-hydroxylation sites is 1. The summed E-state index contributed by atoms with van der Waals surface area (Å²) in [5.41, 5.74) is 1.84. The quantitative estimate of drug-likeness (QED) is 0.721. The molecule has 0 spiro atoms. The van der Waals surface area contributed by atoms with Crippen molar-refractivity contribution in [3.63, 3.8) is 0 Å². The van der Waals surface area contributed by atoms with Crippen LogP contribution in [0.15, 0.2) is 67.0 Å². The lowest BCUT2D eigenvalue weighted by atomic mass is 10.0. The van der Waals surface area contributed by atoms with Gasteiger partial charge in [-0.25, -0.2) is 9.67 Å². The van der Waals surface area contributed by atoms with Gasteiger partial charge in [-0.2, -0.15) is 0 Å². The minimum Gasteiger partial charge on any atom is -0.391 e. The van der Waals surface area contributed by atoms with Crippen molar-refractivity contribution in [3.05, 3.63) is 78.4 Å². The van der Waals surface area contributed by atoms with Crippen LogP contribution in [0.2, 0.25) is 0 Å². The van der Waals surface area contributed by atoms with Gasteiger partial charge in [0.2, 0.25) is 5.82 Å². The van der Waals surface area contributed by atoms with E-state index in [1.165, 1.54) is 6.33 Å². The highest BCUT2D eigenvalue weighted by atomic mass is 16.3. The molecule has 0 saturated carbocycles. The second-order valence-corrected chi connectivity index (χ2v) is 5.87. The third-order valence-electron chi connectivity index (χ3n) is 3.94. The Kier molecular flexibility index (Phi) is 5.20. The predicted octanol–water partition coefficient (Wildman–Crippen LogP) is 1.99. The van der Waals surface area contributed by atoms with Gasteiger partial charge in [-0.3, -0.25) is 4.79 Å². The number of amides is 1. The summed E-state index contributed by atoms with van der Waals surface area (Å²) in [5, 5.41) is 17.2. The molecule has 6 heteroatoms. The summed E-state index contributed by atoms with van der Waals surface area (Å²) >= 11 is 0. The summed E-state index contributed by atoms with van der Waals surface area (Å²) in [6.07, 6.45) is 1.27. The van der Waals surface area contributed by atoms with Crippen LogP contribution in [0.5, 0.6) is 0 Å². The van der Waals surface area contributed by atoms with E-state index in [4.69, 9.17) is 0 Å². The van der Waals surface area contributed by atoms with E-state index in [0.717, 1.165) is 11.3 Å². The Morgan fingerprint density at radius 1 is 1.12 bits per heavy atom. The number of nitrogens with one attached hydrogen (secondary N) is 1. The van der Waals surface area contributed by atoms with Crippen molar-refractivity contribution in [1.82, 2.24) is 20.1 Å². The Morgan fingerprint density at radius 3 is 2.44 bits per heavy atom. The third kappa shape index (κ3) is 4.30. The zero-order chi connectivity index (χ0) is 17.6. The molecule has 3 rings (SSSR count). The molecule has 0 aliphatic carbocycles. The molecular formula is C19H20N4O2. The monoisotopic (exact) mass is 336 g/mol. The maximum atomic E-state index is 12.3. The highest BCUT2D eigenvalue weighted by Crippen LogP contribution is 2.07. The van der Waals surface area contributed by atoms with Crippen molar-refractivity contribution >= 4 is 5.91 Å². The molecule has 2 unspecified atom stereocenters. The van der Waals surface area contributed by atoms with Gasteiger partial charge >= 0.3 is 0 Å². The van der Waals surface area contributed by atoms with E-state index in [1.807, 2.05) is 60.7 Å². The molecule has 0 radical (unpaired) electrons. The SMILES string of the molecule is CC(NC(=O)c1ncn(-c2ccccc2)n1)C(O)Cc1ccccc1. The van der Waals surface area contributed by atoms with Gasteiger partial charge in [0.05, 0.1) is 17.8 Å². The van der Waals surface area contributed by atoms with Gasteiger partial charge < -0.3 is 10.4 Å². The van der Waals surface area contributed by atoms with E-state index in [2.05, 4.69) is 15.4 Å². The summed E-state index contributed by atoms with van der Waals surface area (Å²) in [4.78, 5) is 16.3. The molecule has 6 nitrogen and oxygen atoms in total. The summed E-state index contributed by atoms with van der Waals surface area (Å²) in [5.74, 6) is -0.336. The van der Waals surface area contributed by atoms with E-state index in [0.29, 0.717) is 6.42 Å². The molecule has 2 aromatic carbocycles. The molecule has 3 aromatic rings. The fraction of sp³-hybridized carbons (Fsp3) is 0.211. The molecule has 0 fully saturated rings. The van der Waals surface area contributed by atoms with Crippen molar-refractivity contribution in [1.29, 1.82) is 0 Å². The summed E-state index contributed by atoms with van der Waals surface area (Å²) in [6.45, 7) is 1.76. The highest BCUT2D eigenvalue weighted by molar-refractivity contribution is 5.90. The van der Waals surface area contributed by atoms with E-state index >= 15 is 0 Å². The number of aromatic nitrogens is 3. The number of aliphatic hydroxyl groups excluding tert-OH is 1. The Balaban J connectivity index is 1.61. The molecule has 0 aliphatic heterocycles. The Hall–Kier alpha value is -2.99. The molecular weight excluding hydrogens is 316 g/mol. The zero-order valence-corrected chi connectivity index (χ0v) is 13.9. The highest BCUT2D eigenvalue weighted by Gasteiger charge is 2.20. The van der Waals surface area contributed by atoms with Crippen LogP contribution in [-0.2, 0) is 6.42 Å². The van der Waals surface area contributed by atoms with E-state index < -0.39 is 18.1 Å². The van der Waals surface area contributed by atoms with Crippen molar-refractivity contribution < 1.29 is 9.90 Å². The smallest absolute Gasteiger partial charge is 0.291 e. The van der Waals surface area contributed by atoms with Crippen molar-refractivity contribution in [3.8, 4) is 5.69 Å². The fourth-order valence-corrected chi connectivity index (χ4v) is 2.47. The van der Waals surface area contributed by atoms with Crippen molar-refractivity contribution in [2.45, 2.75) is 25.5 Å². The Bertz CT molecular complexity index is 818. The third-order valence-corrected chi connectivity index (χ3v) is 3.94. The number of carbonyl (C=O) groups is 1. The number of carbonyl (C=O) groups excluding carboxylic acids is 1. The number of benzene rings is 2. The standard InChI is InChI=1S/C19H20N4O2/c1-14(17(24)12-15-8-4-2-5-9-15)21-19(25)18-20-13-23(22-18)16-10-6-3-7-11-16/h2-11,13-14,17,24H,12H2,1H3,(H,21,25). The van der Waals surface area contributed by atoms with Crippen LogP contribution in [-0.4, -0.2) is 37.9 Å². The lowest BCUT2D eigenvalue weighted by molar-refractivity contribution is 0.0842. The Labute approximate surface area is 146 Å². The molecule has 1 heterocycles. The van der Waals surface area contributed by atoms with Crippen LogP contribution in [0, 0.1) is 0 Å². The number of hydrogen-bond donors (Lipinski definition) is 2. The average Bonchev–Trinajstić information content (AvgIpc) is 3.13. The lowest BCUT2D eigenvalue weighted by Crippen LogP contribution is -2.42. The number of hydrogen-bond acceptors (Lipinski definition) is 4. The molecule has 0 saturated heterocycles. The normalized spacial score (nSPS) is 13.2. The van der Waals surface area contributed by atoms with Gasteiger partial charge in [0, 0.05) is 6.42 Å². The van der Waals surface area contributed by atoms with Crippen LogP contribution in [0.1, 0.15) is 23.1 Å². The minimum atomic E-state index is -0.692. The number of nitrogens with zero attached hydrogens (tertiary/aromatic N) is 3. The van der Waals surface area contributed by atoms with Crippen LogP contribution >= 0.6 is 0 Å². The van der Waals surface area contributed by atoms with Gasteiger partial charge in [0.25, 0.3) is 5.91 Å². The lowest BCUT2D eigenvalue weighted by Gasteiger charge is -2.19. The largest absolute Gasteiger partial charge is 0.391 e. The maximum absolute atomic E-state index is 12.3. The second kappa shape index (κ2) is 7.72. The first-order chi connectivity index (χ1) is 12.1. The molecule has 128 valence electrons. The maximum Gasteiger partial charge on any atom is 0.291 e. The van der Waals surface area contributed by atoms with Crippen LogP contribution in [0.25, 0.3) is 5.69 Å². The zero-order valence-electron chi connectivity index (χ0n) is 13.9. The molecule has 2 atom stereocenters. The first-order valence-electron chi connectivity index (χ1n) is 8.13. The molecule has 0 aliphatic rings. The van der Waals surface area contributed by atoms with Crippen molar-refractivity contribution in [2.24, 2.45) is 0 Å². The Morgan fingerprint density at radius 2 is 1.76 bits per heavy atom.